The van der Waals surface area contributed by atoms with E-state index in [1.807, 2.05) is 9.80 Å². The summed E-state index contributed by atoms with van der Waals surface area (Å²) in [5.41, 5.74) is 5.82. The molecule has 1 aliphatic rings. The van der Waals surface area contributed by atoms with Crippen molar-refractivity contribution in [2.24, 2.45) is 5.73 Å². The number of primary amides is 1. The summed E-state index contributed by atoms with van der Waals surface area (Å²) in [6.45, 7) is 2.75. The average molecular weight is 289 g/mol. The van der Waals surface area contributed by atoms with Crippen LogP contribution in [0.4, 0.5) is 11.4 Å². The first-order valence-electron chi connectivity index (χ1n) is 6.45. The number of nitrogens with two attached hydrogens (primary N) is 1. The standard InChI is InChI=1S/C13H15N5O3/c14-3-4-16-5-7-17(8-6-16)12-9-10(13(15)19)1-2-11(12)18(20)21/h1-2,9H,4-8H2,(H2,15,19). The van der Waals surface area contributed by atoms with Crippen LogP contribution >= 0.6 is 0 Å². The van der Waals surface area contributed by atoms with Gasteiger partial charge in [-0.2, -0.15) is 5.26 Å². The van der Waals surface area contributed by atoms with Crippen molar-refractivity contribution in [3.63, 3.8) is 0 Å². The predicted molar refractivity (Wildman–Crippen MR) is 75.9 cm³/mol. The van der Waals surface area contributed by atoms with Crippen molar-refractivity contribution in [1.29, 1.82) is 5.26 Å². The van der Waals surface area contributed by atoms with Gasteiger partial charge < -0.3 is 10.6 Å². The summed E-state index contributed by atoms with van der Waals surface area (Å²) in [7, 11) is 0. The molecule has 8 heteroatoms. The molecule has 21 heavy (non-hydrogen) atoms. The van der Waals surface area contributed by atoms with Crippen molar-refractivity contribution < 1.29 is 9.72 Å². The maximum Gasteiger partial charge on any atom is 0.292 e. The van der Waals surface area contributed by atoms with Crippen LogP contribution in [0.15, 0.2) is 18.2 Å². The Labute approximate surface area is 121 Å². The number of anilines is 1. The summed E-state index contributed by atoms with van der Waals surface area (Å²) in [6, 6.07) is 6.20. The Balaban J connectivity index is 2.26. The SMILES string of the molecule is N#CCN1CCN(c2cc(C(N)=O)ccc2[N+](=O)[O-])CC1. The molecule has 1 heterocycles. The zero-order valence-corrected chi connectivity index (χ0v) is 11.4. The Kier molecular flexibility index (Phi) is 4.35. The van der Waals surface area contributed by atoms with Crippen molar-refractivity contribution in [1.82, 2.24) is 4.90 Å². The molecule has 0 aliphatic carbocycles. The fourth-order valence-corrected chi connectivity index (χ4v) is 2.33. The van der Waals surface area contributed by atoms with E-state index in [1.54, 1.807) is 0 Å². The van der Waals surface area contributed by atoms with Crippen LogP contribution in [-0.4, -0.2) is 48.5 Å². The van der Waals surface area contributed by atoms with Crippen molar-refractivity contribution in [3.8, 4) is 6.07 Å². The van der Waals surface area contributed by atoms with E-state index < -0.39 is 10.8 Å². The monoisotopic (exact) mass is 289 g/mol. The summed E-state index contributed by atoms with van der Waals surface area (Å²) in [6.07, 6.45) is 0. The first-order valence-corrected chi connectivity index (χ1v) is 6.45. The zero-order chi connectivity index (χ0) is 15.4. The molecule has 0 spiro atoms. The Morgan fingerprint density at radius 1 is 1.38 bits per heavy atom. The molecular weight excluding hydrogens is 274 g/mol. The van der Waals surface area contributed by atoms with E-state index in [-0.39, 0.29) is 11.3 Å². The Morgan fingerprint density at radius 2 is 2.05 bits per heavy atom. The highest BCUT2D eigenvalue weighted by Crippen LogP contribution is 2.30. The number of amides is 1. The molecule has 0 radical (unpaired) electrons. The molecule has 0 atom stereocenters. The molecule has 8 nitrogen and oxygen atoms in total. The van der Waals surface area contributed by atoms with Crippen LogP contribution in [-0.2, 0) is 0 Å². The van der Waals surface area contributed by atoms with E-state index in [0.717, 1.165) is 0 Å². The minimum Gasteiger partial charge on any atom is -0.366 e. The number of piperazine rings is 1. The topological polar surface area (TPSA) is 117 Å². The molecule has 0 unspecified atom stereocenters. The molecule has 1 amide bonds. The van der Waals surface area contributed by atoms with Crippen LogP contribution in [0.2, 0.25) is 0 Å². The molecule has 110 valence electrons. The lowest BCUT2D eigenvalue weighted by Crippen LogP contribution is -2.46. The molecule has 1 fully saturated rings. The van der Waals surface area contributed by atoms with E-state index in [9.17, 15) is 14.9 Å². The number of hydrogen-bond acceptors (Lipinski definition) is 6. The second-order valence-electron chi connectivity index (χ2n) is 4.75. The third-order valence-corrected chi connectivity index (χ3v) is 3.46. The van der Waals surface area contributed by atoms with Crippen LogP contribution in [0, 0.1) is 21.4 Å². The minimum absolute atomic E-state index is 0.0475. The highest BCUT2D eigenvalue weighted by atomic mass is 16.6. The molecular formula is C13H15N5O3. The lowest BCUT2D eigenvalue weighted by molar-refractivity contribution is -0.384. The minimum atomic E-state index is -0.616. The predicted octanol–water partition coefficient (Wildman–Crippen LogP) is 0.339. The van der Waals surface area contributed by atoms with Crippen LogP contribution in [0.3, 0.4) is 0 Å². The number of carbonyl (C=O) groups is 1. The van der Waals surface area contributed by atoms with Crippen molar-refractivity contribution in [3.05, 3.63) is 33.9 Å². The van der Waals surface area contributed by atoms with Crippen LogP contribution < -0.4 is 10.6 Å². The van der Waals surface area contributed by atoms with Crippen LogP contribution in [0.25, 0.3) is 0 Å². The Morgan fingerprint density at radius 3 is 2.57 bits per heavy atom. The molecule has 1 saturated heterocycles. The van der Waals surface area contributed by atoms with Crippen LogP contribution in [0.5, 0.6) is 0 Å². The van der Waals surface area contributed by atoms with Gasteiger partial charge in [-0.3, -0.25) is 19.8 Å². The van der Waals surface area contributed by atoms with Gasteiger partial charge in [-0.1, -0.05) is 0 Å². The summed E-state index contributed by atoms with van der Waals surface area (Å²) < 4.78 is 0. The smallest absolute Gasteiger partial charge is 0.292 e. The normalized spacial score (nSPS) is 15.5. The quantitative estimate of drug-likeness (QED) is 0.485. The van der Waals surface area contributed by atoms with Gasteiger partial charge in [-0.05, 0) is 12.1 Å². The Hall–Kier alpha value is -2.66. The second kappa shape index (κ2) is 6.19. The summed E-state index contributed by atoms with van der Waals surface area (Å²) in [4.78, 5) is 25.7. The van der Waals surface area contributed by atoms with Crippen LogP contribution in [0.1, 0.15) is 10.4 Å². The van der Waals surface area contributed by atoms with Gasteiger partial charge in [0.2, 0.25) is 5.91 Å². The summed E-state index contributed by atoms with van der Waals surface area (Å²) >= 11 is 0. The molecule has 2 N–H and O–H groups in total. The van der Waals surface area contributed by atoms with Gasteiger partial charge in [0.15, 0.2) is 0 Å². The van der Waals surface area contributed by atoms with E-state index in [2.05, 4.69) is 6.07 Å². The molecule has 1 aromatic rings. The maximum absolute atomic E-state index is 11.2. The van der Waals surface area contributed by atoms with E-state index in [4.69, 9.17) is 11.0 Å². The molecule has 0 aromatic heterocycles. The van der Waals surface area contributed by atoms with Gasteiger partial charge in [0.25, 0.3) is 5.69 Å². The van der Waals surface area contributed by atoms with Gasteiger partial charge in [0, 0.05) is 37.8 Å². The van der Waals surface area contributed by atoms with E-state index >= 15 is 0 Å². The fourth-order valence-electron chi connectivity index (χ4n) is 2.33. The number of benzene rings is 1. The number of hydrogen-bond donors (Lipinski definition) is 1. The first-order chi connectivity index (χ1) is 10.0. The maximum atomic E-state index is 11.2. The molecule has 2 rings (SSSR count). The van der Waals surface area contributed by atoms with Crippen molar-refractivity contribution >= 4 is 17.3 Å². The van der Waals surface area contributed by atoms with Gasteiger partial charge in [0.1, 0.15) is 5.69 Å². The number of carbonyl (C=O) groups excluding carboxylic acids is 1. The lowest BCUT2D eigenvalue weighted by atomic mass is 10.1. The number of nitriles is 1. The number of rotatable bonds is 4. The molecule has 0 saturated carbocycles. The lowest BCUT2D eigenvalue weighted by Gasteiger charge is -2.34. The second-order valence-corrected chi connectivity index (χ2v) is 4.75. The highest BCUT2D eigenvalue weighted by Gasteiger charge is 2.24. The average Bonchev–Trinajstić information content (AvgIpc) is 2.47. The van der Waals surface area contributed by atoms with E-state index in [1.165, 1.54) is 18.2 Å². The largest absolute Gasteiger partial charge is 0.366 e. The van der Waals surface area contributed by atoms with Crippen molar-refractivity contribution in [2.45, 2.75) is 0 Å². The number of nitro groups is 1. The third kappa shape index (κ3) is 3.27. The first kappa shape index (κ1) is 14.7. The van der Waals surface area contributed by atoms with Gasteiger partial charge in [-0.25, -0.2) is 0 Å². The highest BCUT2D eigenvalue weighted by molar-refractivity contribution is 5.94. The molecule has 1 aromatic carbocycles. The number of nitrogens with zero attached hydrogens (tertiary/aromatic N) is 4. The van der Waals surface area contributed by atoms with Crippen molar-refractivity contribution in [2.75, 3.05) is 37.6 Å². The van der Waals surface area contributed by atoms with E-state index in [0.29, 0.717) is 38.4 Å². The summed E-state index contributed by atoms with van der Waals surface area (Å²) in [5.74, 6) is -0.616. The Bertz CT molecular complexity index is 602. The molecule has 0 bridgehead atoms. The van der Waals surface area contributed by atoms with Gasteiger partial charge >= 0.3 is 0 Å². The number of nitro benzene ring substituents is 1. The zero-order valence-electron chi connectivity index (χ0n) is 11.4. The van der Waals surface area contributed by atoms with Gasteiger partial charge in [-0.15, -0.1) is 0 Å². The summed E-state index contributed by atoms with van der Waals surface area (Å²) in [5, 5.41) is 19.8. The van der Waals surface area contributed by atoms with Gasteiger partial charge in [0.05, 0.1) is 17.5 Å². The third-order valence-electron chi connectivity index (χ3n) is 3.46. The fraction of sp³-hybridized carbons (Fsp3) is 0.385. The molecule has 1 aliphatic heterocycles.